The van der Waals surface area contributed by atoms with Crippen molar-refractivity contribution in [1.29, 1.82) is 5.26 Å². The van der Waals surface area contributed by atoms with Crippen LogP contribution in [0.1, 0.15) is 37.4 Å². The molecule has 0 bridgehead atoms. The van der Waals surface area contributed by atoms with Crippen LogP contribution in [0, 0.1) is 11.3 Å². The zero-order chi connectivity index (χ0) is 12.7. The van der Waals surface area contributed by atoms with Gasteiger partial charge in [-0.05, 0) is 50.0 Å². The van der Waals surface area contributed by atoms with E-state index in [1.165, 1.54) is 17.7 Å². The highest BCUT2D eigenvalue weighted by Crippen LogP contribution is 2.14. The molecule has 1 aromatic rings. The number of nitriles is 1. The van der Waals surface area contributed by atoms with Crippen LogP contribution in [-0.4, -0.2) is 18.1 Å². The van der Waals surface area contributed by atoms with Crippen molar-refractivity contribution < 1.29 is 0 Å². The summed E-state index contributed by atoms with van der Waals surface area (Å²) in [5.74, 6) is 1.19. The fraction of sp³-hybridized carbons (Fsp3) is 0.500. The van der Waals surface area contributed by atoms with Crippen LogP contribution < -0.4 is 5.32 Å². The summed E-state index contributed by atoms with van der Waals surface area (Å²) in [6, 6.07) is 10.8. The Bertz CT molecular complexity index is 367. The minimum atomic E-state index is 0.333. The van der Waals surface area contributed by atoms with Crippen molar-refractivity contribution in [2.75, 3.05) is 12.0 Å². The first-order valence-corrected chi connectivity index (χ1v) is 7.31. The monoisotopic (exact) mass is 248 g/mol. The second-order valence-corrected chi connectivity index (χ2v) is 5.29. The summed E-state index contributed by atoms with van der Waals surface area (Å²) in [7, 11) is 0. The summed E-state index contributed by atoms with van der Waals surface area (Å²) < 4.78 is 0. The molecular formula is C14H20N2S. The Kier molecular flexibility index (Phi) is 6.10. The topological polar surface area (TPSA) is 35.8 Å². The first kappa shape index (κ1) is 14.1. The Morgan fingerprint density at radius 1 is 1.29 bits per heavy atom. The molecule has 0 aliphatic rings. The Labute approximate surface area is 108 Å². The molecule has 2 unspecified atom stereocenters. The number of benzene rings is 1. The van der Waals surface area contributed by atoms with Crippen LogP contribution in [-0.2, 0) is 0 Å². The van der Waals surface area contributed by atoms with Gasteiger partial charge in [0.25, 0.3) is 0 Å². The summed E-state index contributed by atoms with van der Waals surface area (Å²) >= 11 is 1.88. The molecule has 2 atom stereocenters. The molecule has 0 aliphatic heterocycles. The standard InChI is InChI=1S/C14H20N2S/c1-11(8-9-17-3)16-12(2)14-6-4-13(10-15)5-7-14/h4-7,11-12,16H,8-9H2,1-3H3. The van der Waals surface area contributed by atoms with Crippen LogP contribution in [0.4, 0.5) is 0 Å². The molecule has 92 valence electrons. The second kappa shape index (κ2) is 7.37. The fourth-order valence-electron chi connectivity index (χ4n) is 1.75. The maximum absolute atomic E-state index is 8.74. The first-order chi connectivity index (χ1) is 8.17. The number of hydrogen-bond donors (Lipinski definition) is 1. The van der Waals surface area contributed by atoms with Gasteiger partial charge in [0.2, 0.25) is 0 Å². The van der Waals surface area contributed by atoms with Gasteiger partial charge in [-0.1, -0.05) is 12.1 Å². The zero-order valence-corrected chi connectivity index (χ0v) is 11.6. The Morgan fingerprint density at radius 2 is 1.94 bits per heavy atom. The van der Waals surface area contributed by atoms with Gasteiger partial charge in [0.05, 0.1) is 11.6 Å². The predicted octanol–water partition coefficient (Wildman–Crippen LogP) is 3.35. The lowest BCUT2D eigenvalue weighted by molar-refractivity contribution is 0.472. The smallest absolute Gasteiger partial charge is 0.0991 e. The average molecular weight is 248 g/mol. The molecule has 3 heteroatoms. The van der Waals surface area contributed by atoms with E-state index in [9.17, 15) is 0 Å². The van der Waals surface area contributed by atoms with Crippen LogP contribution in [0.25, 0.3) is 0 Å². The second-order valence-electron chi connectivity index (χ2n) is 4.30. The van der Waals surface area contributed by atoms with E-state index in [0.717, 1.165) is 5.56 Å². The van der Waals surface area contributed by atoms with Gasteiger partial charge in [-0.3, -0.25) is 0 Å². The Balaban J connectivity index is 2.51. The molecule has 0 aliphatic carbocycles. The van der Waals surface area contributed by atoms with E-state index in [1.54, 1.807) is 0 Å². The predicted molar refractivity (Wildman–Crippen MR) is 75.2 cm³/mol. The van der Waals surface area contributed by atoms with E-state index in [4.69, 9.17) is 5.26 Å². The average Bonchev–Trinajstić information content (AvgIpc) is 2.36. The van der Waals surface area contributed by atoms with Gasteiger partial charge in [0.15, 0.2) is 0 Å². The molecule has 17 heavy (non-hydrogen) atoms. The van der Waals surface area contributed by atoms with E-state index in [0.29, 0.717) is 12.1 Å². The summed E-state index contributed by atoms with van der Waals surface area (Å²) in [5.41, 5.74) is 1.95. The summed E-state index contributed by atoms with van der Waals surface area (Å²) in [6.45, 7) is 4.38. The van der Waals surface area contributed by atoms with Gasteiger partial charge in [0, 0.05) is 12.1 Å². The zero-order valence-electron chi connectivity index (χ0n) is 10.7. The van der Waals surface area contributed by atoms with E-state index in [-0.39, 0.29) is 0 Å². The summed E-state index contributed by atoms with van der Waals surface area (Å²) in [4.78, 5) is 0. The number of hydrogen-bond acceptors (Lipinski definition) is 3. The molecule has 0 saturated carbocycles. The van der Waals surface area contributed by atoms with E-state index in [2.05, 4.69) is 31.5 Å². The lowest BCUT2D eigenvalue weighted by Crippen LogP contribution is -2.29. The maximum atomic E-state index is 8.74. The van der Waals surface area contributed by atoms with Gasteiger partial charge >= 0.3 is 0 Å². The van der Waals surface area contributed by atoms with Crippen LogP contribution in [0.3, 0.4) is 0 Å². The summed E-state index contributed by atoms with van der Waals surface area (Å²) in [6.07, 6.45) is 3.32. The third-order valence-electron chi connectivity index (χ3n) is 2.83. The highest BCUT2D eigenvalue weighted by molar-refractivity contribution is 7.98. The lowest BCUT2D eigenvalue weighted by atomic mass is 10.1. The number of nitrogens with zero attached hydrogens (tertiary/aromatic N) is 1. The first-order valence-electron chi connectivity index (χ1n) is 5.92. The minimum Gasteiger partial charge on any atom is -0.308 e. The van der Waals surface area contributed by atoms with Gasteiger partial charge < -0.3 is 5.32 Å². The van der Waals surface area contributed by atoms with Gasteiger partial charge in [-0.15, -0.1) is 0 Å². The molecule has 0 fully saturated rings. The number of rotatable bonds is 6. The van der Waals surface area contributed by atoms with Crippen LogP contribution >= 0.6 is 11.8 Å². The van der Waals surface area contributed by atoms with Crippen molar-refractivity contribution >= 4 is 11.8 Å². The molecule has 0 heterocycles. The molecule has 1 N–H and O–H groups in total. The highest BCUT2D eigenvalue weighted by Gasteiger charge is 2.08. The molecule has 0 radical (unpaired) electrons. The molecule has 1 aromatic carbocycles. The maximum Gasteiger partial charge on any atom is 0.0991 e. The third kappa shape index (κ3) is 4.80. The lowest BCUT2D eigenvalue weighted by Gasteiger charge is -2.20. The van der Waals surface area contributed by atoms with E-state index >= 15 is 0 Å². The van der Waals surface area contributed by atoms with Crippen molar-refractivity contribution in [1.82, 2.24) is 5.32 Å². The van der Waals surface area contributed by atoms with Gasteiger partial charge in [-0.2, -0.15) is 17.0 Å². The minimum absolute atomic E-state index is 0.333. The molecular weight excluding hydrogens is 228 g/mol. The molecule has 2 nitrogen and oxygen atoms in total. The third-order valence-corrected chi connectivity index (χ3v) is 3.47. The molecule has 0 aromatic heterocycles. The SMILES string of the molecule is CSCCC(C)NC(C)c1ccc(C#N)cc1. The van der Waals surface area contributed by atoms with E-state index in [1.807, 2.05) is 36.0 Å². The van der Waals surface area contributed by atoms with Crippen molar-refractivity contribution in [3.8, 4) is 6.07 Å². The quantitative estimate of drug-likeness (QED) is 0.838. The van der Waals surface area contributed by atoms with Gasteiger partial charge in [-0.25, -0.2) is 0 Å². The van der Waals surface area contributed by atoms with Crippen molar-refractivity contribution in [2.24, 2.45) is 0 Å². The molecule has 0 saturated heterocycles. The molecule has 0 spiro atoms. The Morgan fingerprint density at radius 3 is 2.47 bits per heavy atom. The van der Waals surface area contributed by atoms with Crippen molar-refractivity contribution in [3.05, 3.63) is 35.4 Å². The van der Waals surface area contributed by atoms with Crippen molar-refractivity contribution in [3.63, 3.8) is 0 Å². The largest absolute Gasteiger partial charge is 0.308 e. The van der Waals surface area contributed by atoms with Crippen LogP contribution in [0.5, 0.6) is 0 Å². The highest BCUT2D eigenvalue weighted by atomic mass is 32.2. The van der Waals surface area contributed by atoms with Crippen LogP contribution in [0.2, 0.25) is 0 Å². The molecule has 0 amide bonds. The van der Waals surface area contributed by atoms with E-state index < -0.39 is 0 Å². The Hall–Kier alpha value is -0.980. The summed E-state index contributed by atoms with van der Waals surface area (Å²) in [5, 5.41) is 12.3. The fourth-order valence-corrected chi connectivity index (χ4v) is 2.34. The normalized spacial score (nSPS) is 14.0. The van der Waals surface area contributed by atoms with Crippen molar-refractivity contribution in [2.45, 2.75) is 32.4 Å². The van der Waals surface area contributed by atoms with Gasteiger partial charge in [0.1, 0.15) is 0 Å². The number of thioether (sulfide) groups is 1. The van der Waals surface area contributed by atoms with Crippen LogP contribution in [0.15, 0.2) is 24.3 Å². The molecule has 1 rings (SSSR count). The number of nitrogens with one attached hydrogen (secondary N) is 1.